The maximum Gasteiger partial charge on any atom is 0.225 e. The number of rotatable bonds is 3. The summed E-state index contributed by atoms with van der Waals surface area (Å²) >= 11 is 0. The summed E-state index contributed by atoms with van der Waals surface area (Å²) in [6.45, 7) is 4.47. The number of anilines is 1. The Morgan fingerprint density at radius 3 is 1.84 bits per heavy atom. The van der Waals surface area contributed by atoms with Gasteiger partial charge in [-0.3, -0.25) is 9.59 Å². The van der Waals surface area contributed by atoms with E-state index in [4.69, 9.17) is 0 Å². The minimum atomic E-state index is 0.0720. The van der Waals surface area contributed by atoms with Crippen molar-refractivity contribution in [2.45, 2.75) is 25.7 Å². The number of amides is 2. The lowest BCUT2D eigenvalue weighted by Crippen LogP contribution is -2.52. The van der Waals surface area contributed by atoms with Gasteiger partial charge in [0.05, 0.1) is 0 Å². The molecule has 1 aromatic heterocycles. The van der Waals surface area contributed by atoms with Gasteiger partial charge in [-0.1, -0.05) is 0 Å². The van der Waals surface area contributed by atoms with Crippen LogP contribution in [0.3, 0.4) is 0 Å². The number of piperidine rings is 1. The third kappa shape index (κ3) is 3.60. The zero-order valence-corrected chi connectivity index (χ0v) is 14.5. The molecule has 7 heteroatoms. The summed E-state index contributed by atoms with van der Waals surface area (Å²) in [4.78, 5) is 39.5. The molecule has 7 nitrogen and oxygen atoms in total. The van der Waals surface area contributed by atoms with Gasteiger partial charge in [0.25, 0.3) is 0 Å². The van der Waals surface area contributed by atoms with Crippen LogP contribution in [-0.4, -0.2) is 70.9 Å². The molecule has 1 aromatic rings. The Bertz CT molecular complexity index is 618. The Labute approximate surface area is 148 Å². The summed E-state index contributed by atoms with van der Waals surface area (Å²) in [5.74, 6) is 1.65. The summed E-state index contributed by atoms with van der Waals surface area (Å²) in [5.41, 5.74) is 0. The van der Waals surface area contributed by atoms with Gasteiger partial charge in [-0.15, -0.1) is 0 Å². The second-order valence-corrected chi connectivity index (χ2v) is 7.23. The van der Waals surface area contributed by atoms with Crippen molar-refractivity contribution in [2.24, 2.45) is 11.8 Å². The van der Waals surface area contributed by atoms with Crippen molar-refractivity contribution in [3.63, 3.8) is 0 Å². The summed E-state index contributed by atoms with van der Waals surface area (Å²) in [6, 6.07) is 1.81. The quantitative estimate of drug-likeness (QED) is 0.811. The van der Waals surface area contributed by atoms with Gasteiger partial charge < -0.3 is 14.7 Å². The maximum absolute atomic E-state index is 12.8. The molecule has 0 aromatic carbocycles. The first-order valence-corrected chi connectivity index (χ1v) is 9.32. The second-order valence-electron chi connectivity index (χ2n) is 7.23. The van der Waals surface area contributed by atoms with Crippen molar-refractivity contribution in [1.29, 1.82) is 0 Å². The largest absolute Gasteiger partial charge is 0.342 e. The molecule has 0 N–H and O–H groups in total. The predicted octanol–water partition coefficient (Wildman–Crippen LogP) is 0.774. The molecule has 0 radical (unpaired) electrons. The molecule has 2 amide bonds. The summed E-state index contributed by atoms with van der Waals surface area (Å²) in [6.07, 6.45) is 7.20. The molecule has 2 saturated heterocycles. The number of carbonyl (C=O) groups excluding carboxylic acids is 2. The topological polar surface area (TPSA) is 69.6 Å². The second kappa shape index (κ2) is 6.98. The van der Waals surface area contributed by atoms with Crippen LogP contribution < -0.4 is 4.90 Å². The Morgan fingerprint density at radius 2 is 1.28 bits per heavy atom. The molecule has 3 heterocycles. The highest BCUT2D eigenvalue weighted by molar-refractivity contribution is 5.82. The fourth-order valence-electron chi connectivity index (χ4n) is 3.77. The average molecular weight is 343 g/mol. The number of hydrogen-bond donors (Lipinski definition) is 0. The van der Waals surface area contributed by atoms with Crippen LogP contribution in [0.1, 0.15) is 25.7 Å². The van der Waals surface area contributed by atoms with Gasteiger partial charge in [0.2, 0.25) is 17.8 Å². The number of piperazine rings is 1. The molecule has 3 fully saturated rings. The molecule has 2 aliphatic heterocycles. The van der Waals surface area contributed by atoms with E-state index < -0.39 is 0 Å². The minimum absolute atomic E-state index is 0.0720. The predicted molar refractivity (Wildman–Crippen MR) is 92.9 cm³/mol. The van der Waals surface area contributed by atoms with E-state index in [1.54, 1.807) is 12.4 Å². The average Bonchev–Trinajstić information content (AvgIpc) is 3.53. The van der Waals surface area contributed by atoms with Crippen LogP contribution in [0.5, 0.6) is 0 Å². The number of aromatic nitrogens is 2. The highest BCUT2D eigenvalue weighted by Crippen LogP contribution is 2.32. The smallest absolute Gasteiger partial charge is 0.225 e. The number of carbonyl (C=O) groups is 2. The molecular formula is C18H25N5O2. The highest BCUT2D eigenvalue weighted by Gasteiger charge is 2.37. The zero-order chi connectivity index (χ0) is 17.2. The van der Waals surface area contributed by atoms with Crippen LogP contribution in [0.25, 0.3) is 0 Å². The van der Waals surface area contributed by atoms with Gasteiger partial charge in [0, 0.05) is 63.5 Å². The molecule has 0 spiro atoms. The Kier molecular flexibility index (Phi) is 4.55. The Balaban J connectivity index is 1.26. The van der Waals surface area contributed by atoms with Gasteiger partial charge in [-0.2, -0.15) is 0 Å². The number of likely N-dealkylation sites (tertiary alicyclic amines) is 1. The van der Waals surface area contributed by atoms with Gasteiger partial charge in [-0.05, 0) is 31.7 Å². The van der Waals surface area contributed by atoms with E-state index in [0.717, 1.165) is 70.9 Å². The first-order chi connectivity index (χ1) is 12.2. The zero-order valence-electron chi connectivity index (χ0n) is 14.5. The summed E-state index contributed by atoms with van der Waals surface area (Å²) in [7, 11) is 0. The Morgan fingerprint density at radius 1 is 0.760 bits per heavy atom. The van der Waals surface area contributed by atoms with Gasteiger partial charge in [-0.25, -0.2) is 9.97 Å². The van der Waals surface area contributed by atoms with Crippen molar-refractivity contribution >= 4 is 17.8 Å². The van der Waals surface area contributed by atoms with Crippen molar-refractivity contribution in [1.82, 2.24) is 19.8 Å². The van der Waals surface area contributed by atoms with Gasteiger partial charge >= 0.3 is 0 Å². The van der Waals surface area contributed by atoms with Crippen molar-refractivity contribution < 1.29 is 9.59 Å². The molecule has 0 bridgehead atoms. The first-order valence-electron chi connectivity index (χ1n) is 9.32. The fraction of sp³-hybridized carbons (Fsp3) is 0.667. The van der Waals surface area contributed by atoms with Gasteiger partial charge in [0.1, 0.15) is 0 Å². The van der Waals surface area contributed by atoms with E-state index in [9.17, 15) is 9.59 Å². The molecule has 134 valence electrons. The monoisotopic (exact) mass is 343 g/mol. The lowest BCUT2D eigenvalue weighted by Gasteiger charge is -2.38. The van der Waals surface area contributed by atoms with Crippen LogP contribution in [0.4, 0.5) is 5.95 Å². The van der Waals surface area contributed by atoms with E-state index in [1.165, 1.54) is 0 Å². The fourth-order valence-corrected chi connectivity index (χ4v) is 3.77. The normalized spacial score (nSPS) is 22.2. The Hall–Kier alpha value is -2.18. The molecule has 0 unspecified atom stereocenters. The molecule has 0 atom stereocenters. The van der Waals surface area contributed by atoms with E-state index >= 15 is 0 Å². The van der Waals surface area contributed by atoms with E-state index in [2.05, 4.69) is 14.9 Å². The van der Waals surface area contributed by atoms with E-state index in [0.29, 0.717) is 5.91 Å². The third-order valence-corrected chi connectivity index (χ3v) is 5.51. The summed E-state index contributed by atoms with van der Waals surface area (Å²) in [5, 5.41) is 0. The standard InChI is InChI=1S/C18H25N5O2/c24-16(14-2-3-14)21-8-4-15(5-9-21)17(25)22-10-12-23(13-11-22)18-19-6-1-7-20-18/h1,6-7,14-15H,2-5,8-13H2. The number of hydrogen-bond acceptors (Lipinski definition) is 5. The van der Waals surface area contributed by atoms with E-state index in [1.807, 2.05) is 15.9 Å². The molecular weight excluding hydrogens is 318 g/mol. The highest BCUT2D eigenvalue weighted by atomic mass is 16.2. The molecule has 1 aliphatic carbocycles. The molecule has 4 rings (SSSR count). The van der Waals surface area contributed by atoms with Crippen molar-refractivity contribution in [2.75, 3.05) is 44.2 Å². The first kappa shape index (κ1) is 16.3. The third-order valence-electron chi connectivity index (χ3n) is 5.51. The number of nitrogens with zero attached hydrogens (tertiary/aromatic N) is 5. The minimum Gasteiger partial charge on any atom is -0.342 e. The molecule has 1 saturated carbocycles. The summed E-state index contributed by atoms with van der Waals surface area (Å²) < 4.78 is 0. The SMILES string of the molecule is O=C(C1CC1)N1CCC(C(=O)N2CCN(c3ncccn3)CC2)CC1. The van der Waals surface area contributed by atoms with Crippen LogP contribution in [0, 0.1) is 11.8 Å². The maximum atomic E-state index is 12.8. The van der Waals surface area contributed by atoms with Crippen LogP contribution in [0.2, 0.25) is 0 Å². The van der Waals surface area contributed by atoms with E-state index in [-0.39, 0.29) is 17.7 Å². The molecule has 25 heavy (non-hydrogen) atoms. The van der Waals surface area contributed by atoms with Crippen molar-refractivity contribution in [3.8, 4) is 0 Å². The van der Waals surface area contributed by atoms with Gasteiger partial charge in [0.15, 0.2) is 0 Å². The molecule has 3 aliphatic rings. The van der Waals surface area contributed by atoms with Crippen LogP contribution >= 0.6 is 0 Å². The lowest BCUT2D eigenvalue weighted by atomic mass is 9.94. The van der Waals surface area contributed by atoms with Crippen LogP contribution in [0.15, 0.2) is 18.5 Å². The van der Waals surface area contributed by atoms with Crippen LogP contribution in [-0.2, 0) is 9.59 Å². The van der Waals surface area contributed by atoms with Crippen molar-refractivity contribution in [3.05, 3.63) is 18.5 Å². The lowest BCUT2D eigenvalue weighted by molar-refractivity contribution is -0.141.